The Labute approximate surface area is 134 Å². The smallest absolute Gasteiger partial charge is 0.373 e. The van der Waals surface area contributed by atoms with Gasteiger partial charge in [-0.05, 0) is 19.3 Å². The SMILES string of the molecule is COC(=O)CC(O)(CNB(C)O)C(Br)c1ccc(C)cc1. The Balaban J connectivity index is 2.97. The van der Waals surface area contributed by atoms with Crippen LogP contribution in [-0.4, -0.2) is 42.4 Å². The van der Waals surface area contributed by atoms with Crippen LogP contribution in [0.15, 0.2) is 24.3 Å². The minimum Gasteiger partial charge on any atom is -0.469 e. The molecule has 0 saturated heterocycles. The molecule has 7 heteroatoms. The number of carbonyl (C=O) groups is 1. The van der Waals surface area contributed by atoms with Crippen molar-refractivity contribution < 1.29 is 19.7 Å². The molecule has 0 saturated carbocycles. The molecule has 1 aromatic carbocycles. The lowest BCUT2D eigenvalue weighted by molar-refractivity contribution is -0.146. The number of hydrogen-bond acceptors (Lipinski definition) is 5. The van der Waals surface area contributed by atoms with Gasteiger partial charge < -0.3 is 20.1 Å². The highest BCUT2D eigenvalue weighted by atomic mass is 79.9. The maximum absolute atomic E-state index is 11.6. The Kier molecular flexibility index (Phi) is 6.86. The molecule has 0 radical (unpaired) electrons. The van der Waals surface area contributed by atoms with E-state index in [1.807, 2.05) is 31.2 Å². The number of alkyl halides is 1. The van der Waals surface area contributed by atoms with E-state index in [9.17, 15) is 14.9 Å². The number of rotatable bonds is 7. The first-order valence-electron chi connectivity index (χ1n) is 6.70. The molecular formula is C14H21BBrNO4. The summed E-state index contributed by atoms with van der Waals surface area (Å²) in [5, 5.41) is 22.9. The first-order chi connectivity index (χ1) is 9.78. The van der Waals surface area contributed by atoms with Crippen molar-refractivity contribution in [3.63, 3.8) is 0 Å². The van der Waals surface area contributed by atoms with E-state index < -0.39 is 23.4 Å². The third kappa shape index (κ3) is 5.43. The van der Waals surface area contributed by atoms with Crippen molar-refractivity contribution in [1.82, 2.24) is 5.23 Å². The number of methoxy groups -OCH3 is 1. The number of halogens is 1. The molecule has 0 amide bonds. The second-order valence-corrected chi connectivity index (χ2v) is 6.10. The Hall–Kier alpha value is -0.885. The van der Waals surface area contributed by atoms with Crippen LogP contribution in [0, 0.1) is 6.92 Å². The van der Waals surface area contributed by atoms with Crippen molar-refractivity contribution >= 4 is 28.9 Å². The summed E-state index contributed by atoms with van der Waals surface area (Å²) < 4.78 is 4.65. The van der Waals surface area contributed by atoms with Crippen molar-refractivity contribution in [3.8, 4) is 0 Å². The zero-order chi connectivity index (χ0) is 16.0. The molecule has 116 valence electrons. The zero-order valence-corrected chi connectivity index (χ0v) is 14.1. The molecule has 2 unspecified atom stereocenters. The van der Waals surface area contributed by atoms with Crippen molar-refractivity contribution in [2.24, 2.45) is 0 Å². The highest BCUT2D eigenvalue weighted by Crippen LogP contribution is 2.36. The summed E-state index contributed by atoms with van der Waals surface area (Å²) in [5.41, 5.74) is 0.538. The number of aryl methyl sites for hydroxylation is 1. The van der Waals surface area contributed by atoms with E-state index in [-0.39, 0.29) is 13.0 Å². The molecule has 5 nitrogen and oxygen atoms in total. The quantitative estimate of drug-likeness (QED) is 0.391. The van der Waals surface area contributed by atoms with Crippen LogP contribution in [-0.2, 0) is 9.53 Å². The maximum atomic E-state index is 11.6. The number of nitrogens with one attached hydrogen (secondary N) is 1. The van der Waals surface area contributed by atoms with Gasteiger partial charge in [0.15, 0.2) is 0 Å². The Morgan fingerprint density at radius 3 is 2.52 bits per heavy atom. The molecule has 0 aliphatic rings. The average Bonchev–Trinajstić information content (AvgIpc) is 2.45. The molecule has 0 bridgehead atoms. The predicted octanol–water partition coefficient (Wildman–Crippen LogP) is 1.43. The van der Waals surface area contributed by atoms with E-state index in [1.54, 1.807) is 6.82 Å². The number of hydrogen-bond donors (Lipinski definition) is 3. The molecular weight excluding hydrogens is 337 g/mol. The summed E-state index contributed by atoms with van der Waals surface area (Å²) in [6.45, 7) is 3.57. The van der Waals surface area contributed by atoms with Gasteiger partial charge in [-0.1, -0.05) is 45.8 Å². The summed E-state index contributed by atoms with van der Waals surface area (Å²) in [5.74, 6) is -0.513. The molecule has 21 heavy (non-hydrogen) atoms. The number of aliphatic hydroxyl groups is 1. The van der Waals surface area contributed by atoms with Crippen molar-refractivity contribution in [3.05, 3.63) is 35.4 Å². The summed E-state index contributed by atoms with van der Waals surface area (Å²) >= 11 is 3.46. The van der Waals surface area contributed by atoms with Gasteiger partial charge in [0.05, 0.1) is 18.4 Å². The van der Waals surface area contributed by atoms with Gasteiger partial charge in [0.1, 0.15) is 5.60 Å². The maximum Gasteiger partial charge on any atom is 0.373 e. The topological polar surface area (TPSA) is 78.8 Å². The standard InChI is InChI=1S/C14H21BBrNO4/c1-10-4-6-11(7-5-10)13(16)14(19,8-12(18)21-3)9-17-15(2)20/h4-7,13,17,19-20H,8-9H2,1-3H3. The van der Waals surface area contributed by atoms with E-state index in [1.165, 1.54) is 7.11 Å². The Morgan fingerprint density at radius 1 is 1.48 bits per heavy atom. The number of benzene rings is 1. The van der Waals surface area contributed by atoms with Crippen molar-refractivity contribution in [2.75, 3.05) is 13.7 Å². The van der Waals surface area contributed by atoms with Gasteiger partial charge in [-0.15, -0.1) is 0 Å². The molecule has 0 aliphatic heterocycles. The fraction of sp³-hybridized carbons (Fsp3) is 0.500. The summed E-state index contributed by atoms with van der Waals surface area (Å²) in [4.78, 5) is 11.1. The Bertz CT molecular complexity index is 469. The first kappa shape index (κ1) is 18.2. The minimum atomic E-state index is -1.42. The largest absolute Gasteiger partial charge is 0.469 e. The van der Waals surface area contributed by atoms with Gasteiger partial charge >= 0.3 is 13.0 Å². The van der Waals surface area contributed by atoms with Crippen LogP contribution in [0.25, 0.3) is 0 Å². The third-order valence-electron chi connectivity index (χ3n) is 3.22. The molecule has 3 N–H and O–H groups in total. The zero-order valence-electron chi connectivity index (χ0n) is 12.5. The molecule has 2 atom stereocenters. The van der Waals surface area contributed by atoms with Gasteiger partial charge in [0.2, 0.25) is 0 Å². The lowest BCUT2D eigenvalue weighted by atomic mass is 9.84. The summed E-state index contributed by atoms with van der Waals surface area (Å²) in [6.07, 6.45) is -0.187. The lowest BCUT2D eigenvalue weighted by Gasteiger charge is -2.33. The van der Waals surface area contributed by atoms with E-state index in [0.717, 1.165) is 11.1 Å². The van der Waals surface area contributed by atoms with E-state index in [4.69, 9.17) is 0 Å². The predicted molar refractivity (Wildman–Crippen MR) is 86.3 cm³/mol. The minimum absolute atomic E-state index is 0.0452. The van der Waals surface area contributed by atoms with Crippen LogP contribution >= 0.6 is 15.9 Å². The van der Waals surface area contributed by atoms with E-state index in [2.05, 4.69) is 25.9 Å². The fourth-order valence-electron chi connectivity index (χ4n) is 1.93. The van der Waals surface area contributed by atoms with Crippen molar-refractivity contribution in [2.45, 2.75) is 30.6 Å². The highest BCUT2D eigenvalue weighted by molar-refractivity contribution is 9.09. The molecule has 0 aromatic heterocycles. The molecule has 0 aliphatic carbocycles. The van der Waals surface area contributed by atoms with Crippen LogP contribution in [0.5, 0.6) is 0 Å². The van der Waals surface area contributed by atoms with Gasteiger partial charge in [0, 0.05) is 6.54 Å². The molecule has 0 spiro atoms. The lowest BCUT2D eigenvalue weighted by Crippen LogP contribution is -2.49. The van der Waals surface area contributed by atoms with Gasteiger partial charge in [-0.25, -0.2) is 0 Å². The fourth-order valence-corrected chi connectivity index (χ4v) is 2.56. The van der Waals surface area contributed by atoms with Crippen LogP contribution < -0.4 is 5.23 Å². The second kappa shape index (κ2) is 7.94. The van der Waals surface area contributed by atoms with Crippen LogP contribution in [0.4, 0.5) is 0 Å². The highest BCUT2D eigenvalue weighted by Gasteiger charge is 2.39. The van der Waals surface area contributed by atoms with E-state index >= 15 is 0 Å². The van der Waals surface area contributed by atoms with Crippen LogP contribution in [0.1, 0.15) is 22.4 Å². The summed E-state index contributed by atoms with van der Waals surface area (Å²) in [7, 11) is 0.492. The number of ether oxygens (including phenoxy) is 1. The molecule has 0 heterocycles. The molecule has 1 aromatic rings. The van der Waals surface area contributed by atoms with Gasteiger partial charge in [-0.2, -0.15) is 0 Å². The average molecular weight is 358 g/mol. The van der Waals surface area contributed by atoms with Gasteiger partial charge in [0.25, 0.3) is 0 Å². The van der Waals surface area contributed by atoms with Crippen LogP contribution in [0.3, 0.4) is 0 Å². The second-order valence-electron chi connectivity index (χ2n) is 5.19. The van der Waals surface area contributed by atoms with E-state index in [0.29, 0.717) is 0 Å². The molecule has 1 rings (SSSR count). The van der Waals surface area contributed by atoms with Crippen LogP contribution in [0.2, 0.25) is 6.82 Å². The summed E-state index contributed by atoms with van der Waals surface area (Å²) in [6, 6.07) is 7.65. The third-order valence-corrected chi connectivity index (χ3v) is 4.60. The Morgan fingerprint density at radius 2 is 2.05 bits per heavy atom. The monoisotopic (exact) mass is 357 g/mol. The number of esters is 1. The number of carbonyl (C=O) groups excluding carboxylic acids is 1. The van der Waals surface area contributed by atoms with Gasteiger partial charge in [-0.3, -0.25) is 4.79 Å². The normalized spacial score (nSPS) is 15.1. The molecule has 0 fully saturated rings. The first-order valence-corrected chi connectivity index (χ1v) is 7.61. The van der Waals surface area contributed by atoms with Crippen molar-refractivity contribution in [1.29, 1.82) is 0 Å².